The van der Waals surface area contributed by atoms with E-state index in [0.717, 1.165) is 0 Å². The second kappa shape index (κ2) is 6.69. The predicted octanol–water partition coefficient (Wildman–Crippen LogP) is -0.430. The summed E-state index contributed by atoms with van der Waals surface area (Å²) in [5.74, 6) is -5.11. The van der Waals surface area contributed by atoms with Crippen LogP contribution in [0.25, 0.3) is 0 Å². The summed E-state index contributed by atoms with van der Waals surface area (Å²) >= 11 is 0. The Morgan fingerprint density at radius 3 is 1.71 bits per heavy atom. The molecule has 2 atom stereocenters. The molecular weight excluding hydrogens is 263 g/mol. The van der Waals surface area contributed by atoms with Crippen LogP contribution in [-0.2, 0) is 19.7 Å². The fraction of sp³-hybridized carbons (Fsp3) is 0.750. The molecule has 0 aliphatic rings. The Balaban J connectivity index is 0. The van der Waals surface area contributed by atoms with Crippen molar-refractivity contribution in [3.05, 3.63) is 0 Å². The van der Waals surface area contributed by atoms with E-state index in [1.807, 2.05) is 0 Å². The Hall–Kier alpha value is -0.150. The summed E-state index contributed by atoms with van der Waals surface area (Å²) in [6.45, 7) is 2.55. The molecule has 0 radical (unpaired) electrons. The Morgan fingerprint density at radius 2 is 1.65 bits per heavy atom. The Bertz CT molecular complexity index is 391. The van der Waals surface area contributed by atoms with Crippen molar-refractivity contribution < 1.29 is 32.8 Å². The molecule has 0 aromatic rings. The van der Waals surface area contributed by atoms with E-state index in [1.165, 1.54) is 13.8 Å². The van der Waals surface area contributed by atoms with Crippen molar-refractivity contribution in [3.63, 3.8) is 0 Å². The van der Waals surface area contributed by atoms with Gasteiger partial charge in [0.2, 0.25) is 4.75 Å². The molecule has 0 rings (SSSR count). The first-order chi connectivity index (χ1) is 7.15. The van der Waals surface area contributed by atoms with E-state index in [1.54, 1.807) is 0 Å². The molecule has 2 unspecified atom stereocenters. The minimum absolute atomic E-state index is 0. The average molecular weight is 278 g/mol. The Kier molecular flexibility index (Phi) is 7.56. The van der Waals surface area contributed by atoms with Crippen LogP contribution in [0.5, 0.6) is 0 Å². The molecule has 0 spiro atoms. The maximum atomic E-state index is 11.1. The fourth-order valence-electron chi connectivity index (χ4n) is 1.72. The normalized spacial score (nSPS) is 16.4. The molecular formula is C8H15NaO7S. The zero-order valence-electron chi connectivity index (χ0n) is 8.87. The molecule has 0 fully saturated rings. The molecule has 0 bridgehead atoms. The average Bonchev–Trinajstić information content (AvgIpc) is 2.10. The quantitative estimate of drug-likeness (QED) is 0.444. The van der Waals surface area contributed by atoms with Crippen molar-refractivity contribution in [3.8, 4) is 0 Å². The molecule has 3 N–H and O–H groups in total. The van der Waals surface area contributed by atoms with Crippen LogP contribution in [0.3, 0.4) is 0 Å². The summed E-state index contributed by atoms with van der Waals surface area (Å²) in [6, 6.07) is 0. The van der Waals surface area contributed by atoms with Crippen molar-refractivity contribution >= 4 is 51.6 Å². The van der Waals surface area contributed by atoms with E-state index in [4.69, 9.17) is 14.8 Å². The third kappa shape index (κ3) is 3.41. The monoisotopic (exact) mass is 278 g/mol. The zero-order chi connectivity index (χ0) is 13.1. The van der Waals surface area contributed by atoms with Crippen LogP contribution in [0.15, 0.2) is 0 Å². The third-order valence-electron chi connectivity index (χ3n) is 2.62. The van der Waals surface area contributed by atoms with Crippen molar-refractivity contribution in [2.75, 3.05) is 0 Å². The van der Waals surface area contributed by atoms with Crippen LogP contribution in [0.4, 0.5) is 0 Å². The van der Waals surface area contributed by atoms with Crippen LogP contribution in [-0.4, -0.2) is 69.4 Å². The molecule has 0 aliphatic heterocycles. The van der Waals surface area contributed by atoms with Crippen LogP contribution >= 0.6 is 0 Å². The maximum absolute atomic E-state index is 11.1. The summed E-state index contributed by atoms with van der Waals surface area (Å²) in [7, 11) is -5.01. The summed E-state index contributed by atoms with van der Waals surface area (Å²) in [6.07, 6.45) is -0.735. The second-order valence-corrected chi connectivity index (χ2v) is 5.00. The predicted molar refractivity (Wildman–Crippen MR) is 60.8 cm³/mol. The SMILES string of the molecule is CCC(C(=O)O)C(CC)(C(=O)O)S(=O)(=O)O.[NaH]. The van der Waals surface area contributed by atoms with E-state index in [-0.39, 0.29) is 36.0 Å². The molecule has 0 saturated carbocycles. The molecule has 0 saturated heterocycles. The van der Waals surface area contributed by atoms with E-state index in [0.29, 0.717) is 0 Å². The number of hydrogen-bond acceptors (Lipinski definition) is 4. The number of carboxylic acids is 2. The number of rotatable bonds is 6. The zero-order valence-corrected chi connectivity index (χ0v) is 9.69. The number of carbonyl (C=O) groups is 2. The van der Waals surface area contributed by atoms with Gasteiger partial charge in [-0.25, -0.2) is 0 Å². The van der Waals surface area contributed by atoms with Gasteiger partial charge in [-0.2, -0.15) is 8.42 Å². The van der Waals surface area contributed by atoms with E-state index < -0.39 is 39.1 Å². The van der Waals surface area contributed by atoms with Gasteiger partial charge in [0.15, 0.2) is 0 Å². The summed E-state index contributed by atoms with van der Waals surface area (Å²) in [4.78, 5) is 21.8. The standard InChI is InChI=1S/C8H14O7S.Na.H/c1-3-5(6(9)10)8(4-2,7(11)12)16(13,14)15;;/h5H,3-4H2,1-2H3,(H,9,10)(H,11,12)(H,13,14,15);;. The summed E-state index contributed by atoms with van der Waals surface area (Å²) in [5.41, 5.74) is 0. The van der Waals surface area contributed by atoms with E-state index >= 15 is 0 Å². The van der Waals surface area contributed by atoms with Gasteiger partial charge in [-0.05, 0) is 12.8 Å². The van der Waals surface area contributed by atoms with Crippen LogP contribution in [0.2, 0.25) is 0 Å². The second-order valence-electron chi connectivity index (χ2n) is 3.32. The van der Waals surface area contributed by atoms with Crippen LogP contribution in [0, 0.1) is 5.92 Å². The minimum atomic E-state index is -5.01. The Morgan fingerprint density at radius 1 is 1.24 bits per heavy atom. The number of aliphatic carboxylic acids is 2. The van der Waals surface area contributed by atoms with Gasteiger partial charge in [-0.1, -0.05) is 13.8 Å². The van der Waals surface area contributed by atoms with E-state index in [2.05, 4.69) is 0 Å². The molecule has 17 heavy (non-hydrogen) atoms. The first-order valence-electron chi connectivity index (χ1n) is 4.58. The van der Waals surface area contributed by atoms with Gasteiger partial charge in [-0.15, -0.1) is 0 Å². The number of hydrogen-bond donors (Lipinski definition) is 3. The van der Waals surface area contributed by atoms with Gasteiger partial charge in [0.25, 0.3) is 10.1 Å². The van der Waals surface area contributed by atoms with Crippen molar-refractivity contribution in [2.45, 2.75) is 31.4 Å². The molecule has 0 amide bonds. The van der Waals surface area contributed by atoms with Gasteiger partial charge in [-0.3, -0.25) is 14.1 Å². The Labute approximate surface area is 121 Å². The molecule has 9 heteroatoms. The van der Waals surface area contributed by atoms with Crippen molar-refractivity contribution in [1.29, 1.82) is 0 Å². The van der Waals surface area contributed by atoms with Crippen LogP contribution < -0.4 is 0 Å². The molecule has 0 aromatic heterocycles. The molecule has 96 valence electrons. The fourth-order valence-corrected chi connectivity index (χ4v) is 2.94. The van der Waals surface area contributed by atoms with Crippen LogP contribution in [0.1, 0.15) is 26.7 Å². The van der Waals surface area contributed by atoms with E-state index in [9.17, 15) is 18.0 Å². The molecule has 0 heterocycles. The summed E-state index contributed by atoms with van der Waals surface area (Å²) < 4.78 is 28.6. The molecule has 0 aliphatic carbocycles. The number of carboxylic acid groups (broad SMARTS) is 2. The van der Waals surface area contributed by atoms with Gasteiger partial charge in [0, 0.05) is 0 Å². The van der Waals surface area contributed by atoms with Gasteiger partial charge >= 0.3 is 41.5 Å². The third-order valence-corrected chi connectivity index (χ3v) is 4.29. The topological polar surface area (TPSA) is 129 Å². The molecule has 7 nitrogen and oxygen atoms in total. The first kappa shape index (κ1) is 19.2. The molecule has 0 aromatic carbocycles. The van der Waals surface area contributed by atoms with Crippen molar-refractivity contribution in [2.24, 2.45) is 5.92 Å². The van der Waals surface area contributed by atoms with Gasteiger partial charge in [0.1, 0.15) is 0 Å². The van der Waals surface area contributed by atoms with Crippen molar-refractivity contribution in [1.82, 2.24) is 0 Å². The van der Waals surface area contributed by atoms with Gasteiger partial charge < -0.3 is 10.2 Å². The summed E-state index contributed by atoms with van der Waals surface area (Å²) in [5, 5.41) is 17.7. The van der Waals surface area contributed by atoms with Gasteiger partial charge in [0.05, 0.1) is 5.92 Å². The first-order valence-corrected chi connectivity index (χ1v) is 6.02.